The lowest BCUT2D eigenvalue weighted by molar-refractivity contribution is -0.116. The molecule has 0 aliphatic carbocycles. The Morgan fingerprint density at radius 3 is 2.66 bits per heavy atom. The molecule has 29 heavy (non-hydrogen) atoms. The van der Waals surface area contributed by atoms with E-state index in [1.54, 1.807) is 24.4 Å². The Morgan fingerprint density at radius 2 is 1.86 bits per heavy atom. The normalized spacial score (nSPS) is 13.0. The van der Waals surface area contributed by atoms with Crippen molar-refractivity contribution in [1.29, 1.82) is 0 Å². The summed E-state index contributed by atoms with van der Waals surface area (Å²) in [5, 5.41) is 3.29. The van der Waals surface area contributed by atoms with Crippen LogP contribution in [0.3, 0.4) is 0 Å². The number of nitrogens with one attached hydrogen (secondary N) is 1. The van der Waals surface area contributed by atoms with Gasteiger partial charge in [-0.2, -0.15) is 0 Å². The minimum Gasteiger partial charge on any atom is -0.441 e. The average Bonchev–Trinajstić information content (AvgIpc) is 3.27. The van der Waals surface area contributed by atoms with Gasteiger partial charge in [0.25, 0.3) is 11.8 Å². The van der Waals surface area contributed by atoms with E-state index >= 15 is 0 Å². The van der Waals surface area contributed by atoms with Crippen LogP contribution in [0.1, 0.15) is 33.0 Å². The highest BCUT2D eigenvalue weighted by Crippen LogP contribution is 2.28. The number of amides is 3. The highest BCUT2D eigenvalue weighted by molar-refractivity contribution is 6.33. The highest BCUT2D eigenvalue weighted by atomic mass is 35.5. The topological polar surface area (TPSA) is 92.5 Å². The van der Waals surface area contributed by atoms with Crippen molar-refractivity contribution in [2.45, 2.75) is 12.8 Å². The van der Waals surface area contributed by atoms with Crippen LogP contribution in [-0.4, -0.2) is 34.7 Å². The molecule has 0 atom stereocenters. The molecule has 146 valence electrons. The number of aryl methyl sites for hydroxylation is 1. The zero-order valence-electron chi connectivity index (χ0n) is 15.4. The maximum absolute atomic E-state index is 12.3. The standard InChI is InChI=1S/C21H16ClN3O4/c1-25-20(27)13-7-6-12(10-15(13)21(25)28)24-18(26)8-9-19-23-11-17(29-19)14-4-2-3-5-16(14)22/h2-7,10-11H,8-9H2,1H3,(H,24,26). The van der Waals surface area contributed by atoms with Crippen LogP contribution < -0.4 is 5.32 Å². The molecule has 7 nitrogen and oxygen atoms in total. The number of hydrogen-bond acceptors (Lipinski definition) is 5. The number of halogens is 1. The zero-order chi connectivity index (χ0) is 20.5. The molecule has 0 saturated carbocycles. The van der Waals surface area contributed by atoms with Crippen molar-refractivity contribution in [2.24, 2.45) is 0 Å². The summed E-state index contributed by atoms with van der Waals surface area (Å²) in [7, 11) is 1.43. The molecule has 1 N–H and O–H groups in total. The molecule has 1 aliphatic rings. The van der Waals surface area contributed by atoms with Gasteiger partial charge >= 0.3 is 0 Å². The minimum absolute atomic E-state index is 0.145. The van der Waals surface area contributed by atoms with E-state index in [0.717, 1.165) is 10.5 Å². The largest absolute Gasteiger partial charge is 0.441 e. The van der Waals surface area contributed by atoms with Gasteiger partial charge in [0.2, 0.25) is 5.91 Å². The molecule has 0 fully saturated rings. The van der Waals surface area contributed by atoms with Crippen LogP contribution >= 0.6 is 11.6 Å². The van der Waals surface area contributed by atoms with Crippen molar-refractivity contribution < 1.29 is 18.8 Å². The van der Waals surface area contributed by atoms with Crippen molar-refractivity contribution in [3.8, 4) is 11.3 Å². The Bertz CT molecular complexity index is 1140. The lowest BCUT2D eigenvalue weighted by Gasteiger charge is -2.05. The first-order valence-corrected chi connectivity index (χ1v) is 9.27. The number of carbonyl (C=O) groups excluding carboxylic acids is 3. The number of benzene rings is 2. The van der Waals surface area contributed by atoms with Gasteiger partial charge in [-0.25, -0.2) is 4.98 Å². The van der Waals surface area contributed by atoms with E-state index in [1.807, 2.05) is 18.2 Å². The molecule has 0 spiro atoms. The van der Waals surface area contributed by atoms with Gasteiger partial charge in [-0.1, -0.05) is 23.7 Å². The summed E-state index contributed by atoms with van der Waals surface area (Å²) in [6.07, 6.45) is 2.03. The van der Waals surface area contributed by atoms with E-state index in [0.29, 0.717) is 34.3 Å². The summed E-state index contributed by atoms with van der Waals surface area (Å²) in [6.45, 7) is 0. The van der Waals surface area contributed by atoms with Crippen LogP contribution in [0.15, 0.2) is 53.1 Å². The molecule has 4 rings (SSSR count). The van der Waals surface area contributed by atoms with Gasteiger partial charge in [-0.15, -0.1) is 0 Å². The summed E-state index contributed by atoms with van der Waals surface area (Å²) < 4.78 is 5.69. The fourth-order valence-electron chi connectivity index (χ4n) is 3.09. The predicted molar refractivity (Wildman–Crippen MR) is 107 cm³/mol. The lowest BCUT2D eigenvalue weighted by atomic mass is 10.1. The van der Waals surface area contributed by atoms with E-state index in [-0.39, 0.29) is 29.7 Å². The second-order valence-corrected chi connectivity index (χ2v) is 6.98. The number of hydrogen-bond donors (Lipinski definition) is 1. The first-order valence-electron chi connectivity index (χ1n) is 8.90. The predicted octanol–water partition coefficient (Wildman–Crippen LogP) is 3.79. The molecule has 2 aromatic carbocycles. The van der Waals surface area contributed by atoms with Crippen LogP contribution in [0.5, 0.6) is 0 Å². The van der Waals surface area contributed by atoms with Crippen molar-refractivity contribution in [3.05, 3.63) is 70.7 Å². The van der Waals surface area contributed by atoms with Gasteiger partial charge in [0, 0.05) is 31.1 Å². The summed E-state index contributed by atoms with van der Waals surface area (Å²) >= 11 is 6.15. The number of imide groups is 1. The van der Waals surface area contributed by atoms with E-state index in [2.05, 4.69) is 10.3 Å². The monoisotopic (exact) mass is 409 g/mol. The minimum atomic E-state index is -0.381. The molecule has 3 amide bonds. The van der Waals surface area contributed by atoms with E-state index in [1.165, 1.54) is 13.1 Å². The molecule has 0 saturated heterocycles. The first kappa shape index (κ1) is 18.9. The fraction of sp³-hybridized carbons (Fsp3) is 0.143. The second kappa shape index (κ2) is 7.52. The maximum atomic E-state index is 12.3. The summed E-state index contributed by atoms with van der Waals surface area (Å²) in [4.78, 5) is 41.5. The molecule has 0 radical (unpaired) electrons. The van der Waals surface area contributed by atoms with Crippen molar-refractivity contribution in [3.63, 3.8) is 0 Å². The molecule has 1 aromatic heterocycles. The SMILES string of the molecule is CN1C(=O)c2ccc(NC(=O)CCc3ncc(-c4ccccc4Cl)o3)cc2C1=O. The van der Waals surface area contributed by atoms with E-state index in [9.17, 15) is 14.4 Å². The third-order valence-corrected chi connectivity index (χ3v) is 4.96. The molecule has 8 heteroatoms. The molecule has 0 bridgehead atoms. The fourth-order valence-corrected chi connectivity index (χ4v) is 3.32. The molecule has 0 unspecified atom stereocenters. The zero-order valence-corrected chi connectivity index (χ0v) is 16.2. The summed E-state index contributed by atoms with van der Waals surface area (Å²) in [5.74, 6) is -0.0231. The van der Waals surface area contributed by atoms with Crippen LogP contribution in [0.25, 0.3) is 11.3 Å². The van der Waals surface area contributed by atoms with Crippen molar-refractivity contribution >= 4 is 35.0 Å². The van der Waals surface area contributed by atoms with Gasteiger partial charge in [0.15, 0.2) is 11.7 Å². The Kier molecular flexibility index (Phi) is 4.90. The number of carbonyl (C=O) groups is 3. The van der Waals surface area contributed by atoms with Crippen LogP contribution in [0, 0.1) is 0 Å². The van der Waals surface area contributed by atoms with Gasteiger partial charge in [-0.05, 0) is 30.3 Å². The molecular formula is C21H16ClN3O4. The second-order valence-electron chi connectivity index (χ2n) is 6.58. The van der Waals surface area contributed by atoms with Crippen molar-refractivity contribution in [1.82, 2.24) is 9.88 Å². The van der Waals surface area contributed by atoms with Gasteiger partial charge in [-0.3, -0.25) is 19.3 Å². The van der Waals surface area contributed by atoms with Crippen LogP contribution in [-0.2, 0) is 11.2 Å². The van der Waals surface area contributed by atoms with E-state index < -0.39 is 0 Å². The third kappa shape index (κ3) is 3.64. The van der Waals surface area contributed by atoms with Crippen molar-refractivity contribution in [2.75, 3.05) is 12.4 Å². The number of nitrogens with zero attached hydrogens (tertiary/aromatic N) is 2. The average molecular weight is 410 g/mol. The maximum Gasteiger partial charge on any atom is 0.261 e. The summed E-state index contributed by atoms with van der Waals surface area (Å²) in [5.41, 5.74) is 1.81. The molecular weight excluding hydrogens is 394 g/mol. The number of aromatic nitrogens is 1. The van der Waals surface area contributed by atoms with Crippen LogP contribution in [0.2, 0.25) is 5.02 Å². The van der Waals surface area contributed by atoms with Gasteiger partial charge < -0.3 is 9.73 Å². The molecule has 2 heterocycles. The Morgan fingerprint density at radius 1 is 1.10 bits per heavy atom. The Labute approximate surface area is 171 Å². The number of anilines is 1. The number of fused-ring (bicyclic) bond motifs is 1. The lowest BCUT2D eigenvalue weighted by Crippen LogP contribution is -2.24. The Balaban J connectivity index is 1.39. The highest BCUT2D eigenvalue weighted by Gasteiger charge is 2.32. The molecule has 3 aromatic rings. The van der Waals surface area contributed by atoms with Crippen LogP contribution in [0.4, 0.5) is 5.69 Å². The number of rotatable bonds is 5. The van der Waals surface area contributed by atoms with Gasteiger partial charge in [0.05, 0.1) is 22.3 Å². The Hall–Kier alpha value is -3.45. The third-order valence-electron chi connectivity index (χ3n) is 4.63. The molecule has 1 aliphatic heterocycles. The van der Waals surface area contributed by atoms with Gasteiger partial charge in [0.1, 0.15) is 0 Å². The van der Waals surface area contributed by atoms with E-state index in [4.69, 9.17) is 16.0 Å². The summed E-state index contributed by atoms with van der Waals surface area (Å²) in [6, 6.07) is 11.9. The first-order chi connectivity index (χ1) is 13.9. The smallest absolute Gasteiger partial charge is 0.261 e. The number of oxazole rings is 1. The quantitative estimate of drug-likeness (QED) is 0.647.